The van der Waals surface area contributed by atoms with Crippen molar-refractivity contribution in [3.05, 3.63) is 35.9 Å². The Balaban J connectivity index is 2.70. The van der Waals surface area contributed by atoms with Gasteiger partial charge >= 0.3 is 0 Å². The van der Waals surface area contributed by atoms with Crippen LogP contribution in [0.1, 0.15) is 19.4 Å². The predicted molar refractivity (Wildman–Crippen MR) is 59.4 cm³/mol. The van der Waals surface area contributed by atoms with Gasteiger partial charge in [0, 0.05) is 6.42 Å². The fourth-order valence-electron chi connectivity index (χ4n) is 1.26. The molecule has 1 aromatic carbocycles. The van der Waals surface area contributed by atoms with E-state index in [4.69, 9.17) is 4.84 Å². The van der Waals surface area contributed by atoms with Gasteiger partial charge in [-0.25, -0.2) is 0 Å². The molecule has 0 radical (unpaired) electrons. The third-order valence-corrected chi connectivity index (χ3v) is 2.10. The molecule has 0 saturated heterocycles. The quantitative estimate of drug-likeness (QED) is 0.529. The maximum Gasteiger partial charge on any atom is 0.106 e. The standard InChI is InChI=1S/C12H17NO/c1-10(2)12(13-14-3)9-11-7-5-4-6-8-11/h4-8,10H,9H2,1-3H3/b13-12-. The summed E-state index contributed by atoms with van der Waals surface area (Å²) in [5, 5.41) is 4.04. The van der Waals surface area contributed by atoms with Crippen LogP contribution in [0.15, 0.2) is 35.5 Å². The zero-order chi connectivity index (χ0) is 10.4. The van der Waals surface area contributed by atoms with Crippen molar-refractivity contribution in [2.24, 2.45) is 11.1 Å². The Kier molecular flexibility index (Phi) is 4.17. The van der Waals surface area contributed by atoms with Gasteiger partial charge in [-0.3, -0.25) is 0 Å². The summed E-state index contributed by atoms with van der Waals surface area (Å²) >= 11 is 0. The SMILES string of the molecule is CO/N=C(/Cc1ccccc1)C(C)C. The van der Waals surface area contributed by atoms with E-state index in [1.54, 1.807) is 7.11 Å². The molecule has 0 N–H and O–H groups in total. The van der Waals surface area contributed by atoms with Crippen LogP contribution in [0, 0.1) is 5.92 Å². The Labute approximate surface area is 85.6 Å². The molecule has 0 heterocycles. The summed E-state index contributed by atoms with van der Waals surface area (Å²) in [4.78, 5) is 4.83. The van der Waals surface area contributed by atoms with Crippen LogP contribution in [-0.4, -0.2) is 12.8 Å². The average molecular weight is 191 g/mol. The second-order valence-electron chi connectivity index (χ2n) is 3.58. The number of benzene rings is 1. The monoisotopic (exact) mass is 191 g/mol. The van der Waals surface area contributed by atoms with Crippen LogP contribution in [0.4, 0.5) is 0 Å². The molecule has 1 rings (SSSR count). The number of hydrogen-bond acceptors (Lipinski definition) is 2. The fraction of sp³-hybridized carbons (Fsp3) is 0.417. The first kappa shape index (κ1) is 10.8. The zero-order valence-electron chi connectivity index (χ0n) is 9.03. The lowest BCUT2D eigenvalue weighted by Crippen LogP contribution is -2.11. The van der Waals surface area contributed by atoms with E-state index in [0.717, 1.165) is 12.1 Å². The Morgan fingerprint density at radius 3 is 2.43 bits per heavy atom. The minimum absolute atomic E-state index is 0.426. The van der Waals surface area contributed by atoms with E-state index in [1.807, 2.05) is 18.2 Å². The minimum atomic E-state index is 0.426. The largest absolute Gasteiger partial charge is 0.399 e. The van der Waals surface area contributed by atoms with Gasteiger partial charge in [0.2, 0.25) is 0 Å². The van der Waals surface area contributed by atoms with Gasteiger partial charge in [-0.15, -0.1) is 0 Å². The lowest BCUT2D eigenvalue weighted by molar-refractivity contribution is 0.211. The van der Waals surface area contributed by atoms with Crippen molar-refractivity contribution >= 4 is 5.71 Å². The summed E-state index contributed by atoms with van der Waals surface area (Å²) in [6.07, 6.45) is 0.867. The molecular weight excluding hydrogens is 174 g/mol. The molecule has 0 atom stereocenters. The molecule has 76 valence electrons. The van der Waals surface area contributed by atoms with Crippen molar-refractivity contribution in [1.29, 1.82) is 0 Å². The van der Waals surface area contributed by atoms with Crippen LogP contribution in [0.2, 0.25) is 0 Å². The highest BCUT2D eigenvalue weighted by molar-refractivity contribution is 5.87. The molecule has 0 unspecified atom stereocenters. The molecule has 0 aromatic heterocycles. The third kappa shape index (κ3) is 3.21. The van der Waals surface area contributed by atoms with Gasteiger partial charge in [0.05, 0.1) is 5.71 Å². The van der Waals surface area contributed by atoms with Crippen molar-refractivity contribution in [2.45, 2.75) is 20.3 Å². The van der Waals surface area contributed by atoms with Crippen LogP contribution < -0.4 is 0 Å². The van der Waals surface area contributed by atoms with Gasteiger partial charge < -0.3 is 4.84 Å². The van der Waals surface area contributed by atoms with Crippen molar-refractivity contribution < 1.29 is 4.84 Å². The summed E-state index contributed by atoms with van der Waals surface area (Å²) in [5.41, 5.74) is 2.36. The smallest absolute Gasteiger partial charge is 0.106 e. The first-order chi connectivity index (χ1) is 6.74. The first-order valence-corrected chi connectivity index (χ1v) is 4.88. The molecule has 0 aliphatic carbocycles. The summed E-state index contributed by atoms with van der Waals surface area (Å²) in [6, 6.07) is 10.3. The topological polar surface area (TPSA) is 21.6 Å². The van der Waals surface area contributed by atoms with Crippen LogP contribution >= 0.6 is 0 Å². The molecule has 0 amide bonds. The molecular formula is C12H17NO. The summed E-state index contributed by atoms with van der Waals surface area (Å²) in [7, 11) is 1.59. The van der Waals surface area contributed by atoms with Gasteiger partial charge in [0.15, 0.2) is 0 Å². The maximum absolute atomic E-state index is 4.83. The molecule has 0 aliphatic heterocycles. The molecule has 0 aliphatic rings. The second-order valence-corrected chi connectivity index (χ2v) is 3.58. The normalized spacial score (nSPS) is 11.9. The molecule has 0 bridgehead atoms. The molecule has 2 nitrogen and oxygen atoms in total. The Morgan fingerprint density at radius 2 is 1.93 bits per heavy atom. The van der Waals surface area contributed by atoms with Crippen molar-refractivity contribution in [1.82, 2.24) is 0 Å². The fourth-order valence-corrected chi connectivity index (χ4v) is 1.26. The highest BCUT2D eigenvalue weighted by atomic mass is 16.6. The molecule has 0 spiro atoms. The van der Waals surface area contributed by atoms with Crippen LogP contribution in [0.25, 0.3) is 0 Å². The summed E-state index contributed by atoms with van der Waals surface area (Å²) in [6.45, 7) is 4.25. The highest BCUT2D eigenvalue weighted by Gasteiger charge is 2.06. The number of hydrogen-bond donors (Lipinski definition) is 0. The van der Waals surface area contributed by atoms with Gasteiger partial charge in [-0.05, 0) is 11.5 Å². The van der Waals surface area contributed by atoms with Crippen molar-refractivity contribution in [3.63, 3.8) is 0 Å². The lowest BCUT2D eigenvalue weighted by atomic mass is 10.0. The molecule has 1 aromatic rings. The van der Waals surface area contributed by atoms with E-state index in [0.29, 0.717) is 5.92 Å². The average Bonchev–Trinajstić information content (AvgIpc) is 2.18. The Hall–Kier alpha value is -1.31. The third-order valence-electron chi connectivity index (χ3n) is 2.10. The van der Waals surface area contributed by atoms with Crippen LogP contribution in [0.5, 0.6) is 0 Å². The van der Waals surface area contributed by atoms with Crippen molar-refractivity contribution in [2.75, 3.05) is 7.11 Å². The highest BCUT2D eigenvalue weighted by Crippen LogP contribution is 2.07. The Bertz CT molecular complexity index is 290. The molecule has 2 heteroatoms. The van der Waals surface area contributed by atoms with E-state index in [2.05, 4.69) is 31.1 Å². The van der Waals surface area contributed by atoms with E-state index >= 15 is 0 Å². The first-order valence-electron chi connectivity index (χ1n) is 4.88. The van der Waals surface area contributed by atoms with Crippen LogP contribution in [-0.2, 0) is 11.3 Å². The number of nitrogens with zero attached hydrogens (tertiary/aromatic N) is 1. The van der Waals surface area contributed by atoms with Gasteiger partial charge in [0.25, 0.3) is 0 Å². The van der Waals surface area contributed by atoms with Crippen LogP contribution in [0.3, 0.4) is 0 Å². The van der Waals surface area contributed by atoms with Gasteiger partial charge in [0.1, 0.15) is 7.11 Å². The molecule has 0 fully saturated rings. The second kappa shape index (κ2) is 5.43. The van der Waals surface area contributed by atoms with Gasteiger partial charge in [-0.2, -0.15) is 0 Å². The predicted octanol–water partition coefficient (Wildman–Crippen LogP) is 2.89. The van der Waals surface area contributed by atoms with E-state index in [9.17, 15) is 0 Å². The molecule has 14 heavy (non-hydrogen) atoms. The number of rotatable bonds is 4. The van der Waals surface area contributed by atoms with E-state index in [1.165, 1.54) is 5.56 Å². The maximum atomic E-state index is 4.83. The number of oxime groups is 1. The zero-order valence-corrected chi connectivity index (χ0v) is 9.03. The minimum Gasteiger partial charge on any atom is -0.399 e. The van der Waals surface area contributed by atoms with E-state index in [-0.39, 0.29) is 0 Å². The van der Waals surface area contributed by atoms with E-state index < -0.39 is 0 Å². The van der Waals surface area contributed by atoms with Gasteiger partial charge in [-0.1, -0.05) is 49.3 Å². The van der Waals surface area contributed by atoms with Crippen molar-refractivity contribution in [3.8, 4) is 0 Å². The lowest BCUT2D eigenvalue weighted by Gasteiger charge is -2.08. The molecule has 0 saturated carbocycles. The summed E-state index contributed by atoms with van der Waals surface area (Å²) in [5.74, 6) is 0.426. The Morgan fingerprint density at radius 1 is 1.29 bits per heavy atom. The summed E-state index contributed by atoms with van der Waals surface area (Å²) < 4.78 is 0.